The first-order valence-electron chi connectivity index (χ1n) is 6.53. The summed E-state index contributed by atoms with van der Waals surface area (Å²) in [5, 5.41) is 0. The minimum Gasteiger partial charge on any atom is -0.487 e. The number of fused-ring (bicyclic) bond motifs is 1. The first-order chi connectivity index (χ1) is 8.00. The minimum absolute atomic E-state index is 0.00271. The first-order valence-corrected chi connectivity index (χ1v) is 6.53. The molecule has 1 aromatic carbocycles. The number of nitrogens with two attached hydrogens (primary N) is 1. The molecule has 0 saturated heterocycles. The van der Waals surface area contributed by atoms with Gasteiger partial charge in [0, 0.05) is 18.0 Å². The van der Waals surface area contributed by atoms with E-state index in [-0.39, 0.29) is 11.6 Å². The lowest BCUT2D eigenvalue weighted by Crippen LogP contribution is -2.41. The van der Waals surface area contributed by atoms with Crippen molar-refractivity contribution in [1.82, 2.24) is 0 Å². The van der Waals surface area contributed by atoms with Crippen molar-refractivity contribution in [2.75, 3.05) is 0 Å². The summed E-state index contributed by atoms with van der Waals surface area (Å²) in [6.45, 7) is 4.66. The van der Waals surface area contributed by atoms with Crippen LogP contribution in [0.1, 0.15) is 51.1 Å². The van der Waals surface area contributed by atoms with Crippen molar-refractivity contribution >= 4 is 0 Å². The summed E-state index contributed by atoms with van der Waals surface area (Å²) in [5.74, 6) is 1.00. The molecule has 1 aliphatic heterocycles. The normalized spacial score (nSPS) is 34.4. The average molecular weight is 231 g/mol. The molecule has 2 atom stereocenters. The zero-order chi connectivity index (χ0) is 12.1. The molecular formula is C15H21NO. The molecule has 0 amide bonds. The van der Waals surface area contributed by atoms with Crippen LogP contribution in [0.5, 0.6) is 5.75 Å². The quantitative estimate of drug-likeness (QED) is 0.742. The third kappa shape index (κ3) is 1.85. The number of benzene rings is 1. The van der Waals surface area contributed by atoms with Crippen LogP contribution in [0, 0.1) is 5.41 Å². The van der Waals surface area contributed by atoms with Gasteiger partial charge < -0.3 is 10.5 Å². The van der Waals surface area contributed by atoms with E-state index in [4.69, 9.17) is 10.5 Å². The fraction of sp³-hybridized carbons (Fsp3) is 0.600. The Hall–Kier alpha value is -1.02. The van der Waals surface area contributed by atoms with Crippen LogP contribution in [-0.2, 0) is 0 Å². The van der Waals surface area contributed by atoms with E-state index < -0.39 is 0 Å². The SMILES string of the molecule is CC1(C)CCC2(C[C@@H](N)c3ccccc3O2)C1. The molecule has 0 radical (unpaired) electrons. The van der Waals surface area contributed by atoms with Gasteiger partial charge in [0.05, 0.1) is 0 Å². The highest BCUT2D eigenvalue weighted by Gasteiger charge is 2.48. The lowest BCUT2D eigenvalue weighted by atomic mass is 9.83. The second-order valence-electron chi connectivity index (χ2n) is 6.47. The van der Waals surface area contributed by atoms with E-state index in [9.17, 15) is 0 Å². The van der Waals surface area contributed by atoms with Gasteiger partial charge in [-0.1, -0.05) is 32.0 Å². The summed E-state index contributed by atoms with van der Waals surface area (Å²) >= 11 is 0. The summed E-state index contributed by atoms with van der Waals surface area (Å²) in [5.41, 5.74) is 7.87. The Morgan fingerprint density at radius 2 is 2.00 bits per heavy atom. The number of hydrogen-bond acceptors (Lipinski definition) is 2. The van der Waals surface area contributed by atoms with Gasteiger partial charge in [-0.2, -0.15) is 0 Å². The molecule has 2 nitrogen and oxygen atoms in total. The first kappa shape index (κ1) is 11.1. The second kappa shape index (κ2) is 3.49. The van der Waals surface area contributed by atoms with Gasteiger partial charge in [-0.15, -0.1) is 0 Å². The summed E-state index contributed by atoms with van der Waals surface area (Å²) < 4.78 is 6.31. The highest BCUT2D eigenvalue weighted by Crippen LogP contribution is 2.52. The highest BCUT2D eigenvalue weighted by atomic mass is 16.5. The molecule has 17 heavy (non-hydrogen) atoms. The molecule has 2 aliphatic rings. The third-order valence-electron chi connectivity index (χ3n) is 4.29. The predicted molar refractivity (Wildman–Crippen MR) is 69.0 cm³/mol. The van der Waals surface area contributed by atoms with E-state index in [0.29, 0.717) is 5.41 Å². The largest absolute Gasteiger partial charge is 0.487 e. The molecule has 2 N–H and O–H groups in total. The van der Waals surface area contributed by atoms with Gasteiger partial charge in [0.2, 0.25) is 0 Å². The van der Waals surface area contributed by atoms with E-state index in [1.54, 1.807) is 0 Å². The van der Waals surface area contributed by atoms with Crippen LogP contribution in [0.15, 0.2) is 24.3 Å². The molecule has 1 spiro atoms. The fourth-order valence-corrected chi connectivity index (χ4v) is 3.54. The molecule has 1 heterocycles. The zero-order valence-corrected chi connectivity index (χ0v) is 10.7. The molecule has 92 valence electrons. The standard InChI is InChI=1S/C15H21NO/c1-14(2)7-8-15(10-14)9-12(16)11-5-3-4-6-13(11)17-15/h3-6,12H,7-10,16H2,1-2H3/t12-,15?/m1/s1. The van der Waals surface area contributed by atoms with Crippen LogP contribution in [-0.4, -0.2) is 5.60 Å². The highest BCUT2D eigenvalue weighted by molar-refractivity contribution is 5.39. The van der Waals surface area contributed by atoms with Crippen LogP contribution < -0.4 is 10.5 Å². The van der Waals surface area contributed by atoms with Gasteiger partial charge in [-0.05, 0) is 30.7 Å². The Bertz CT molecular complexity index is 440. The fourth-order valence-electron chi connectivity index (χ4n) is 3.54. The van der Waals surface area contributed by atoms with Crippen LogP contribution in [0.4, 0.5) is 0 Å². The third-order valence-corrected chi connectivity index (χ3v) is 4.29. The van der Waals surface area contributed by atoms with Crippen molar-refractivity contribution in [3.05, 3.63) is 29.8 Å². The molecule has 3 rings (SSSR count). The topological polar surface area (TPSA) is 35.2 Å². The number of rotatable bonds is 0. The van der Waals surface area contributed by atoms with E-state index >= 15 is 0 Å². The summed E-state index contributed by atoms with van der Waals surface area (Å²) in [4.78, 5) is 0. The number of para-hydroxylation sites is 1. The van der Waals surface area contributed by atoms with Gasteiger partial charge in [0.15, 0.2) is 0 Å². The van der Waals surface area contributed by atoms with E-state index in [1.807, 2.05) is 12.1 Å². The Morgan fingerprint density at radius 1 is 1.24 bits per heavy atom. The Kier molecular flexibility index (Phi) is 2.27. The molecule has 1 unspecified atom stereocenters. The molecular weight excluding hydrogens is 210 g/mol. The predicted octanol–water partition coefficient (Wildman–Crippen LogP) is 3.42. The lowest BCUT2D eigenvalue weighted by Gasteiger charge is -2.39. The molecule has 0 bridgehead atoms. The van der Waals surface area contributed by atoms with Gasteiger partial charge in [-0.25, -0.2) is 0 Å². The van der Waals surface area contributed by atoms with Crippen LogP contribution >= 0.6 is 0 Å². The molecule has 1 fully saturated rings. The van der Waals surface area contributed by atoms with E-state index in [0.717, 1.165) is 25.0 Å². The maximum absolute atomic E-state index is 6.31. The van der Waals surface area contributed by atoms with Crippen LogP contribution in [0.25, 0.3) is 0 Å². The lowest BCUT2D eigenvalue weighted by molar-refractivity contribution is 0.0331. The van der Waals surface area contributed by atoms with Gasteiger partial charge in [0.1, 0.15) is 11.4 Å². The summed E-state index contributed by atoms with van der Waals surface area (Å²) in [6.07, 6.45) is 4.47. The Labute approximate surface area is 103 Å². The van der Waals surface area contributed by atoms with E-state index in [1.165, 1.54) is 12.0 Å². The van der Waals surface area contributed by atoms with Crippen molar-refractivity contribution in [3.8, 4) is 5.75 Å². The van der Waals surface area contributed by atoms with Crippen LogP contribution in [0.2, 0.25) is 0 Å². The number of ether oxygens (including phenoxy) is 1. The molecule has 2 heteroatoms. The smallest absolute Gasteiger partial charge is 0.124 e. The van der Waals surface area contributed by atoms with Crippen molar-refractivity contribution in [3.63, 3.8) is 0 Å². The average Bonchev–Trinajstić information content (AvgIpc) is 2.54. The maximum Gasteiger partial charge on any atom is 0.124 e. The van der Waals surface area contributed by atoms with Gasteiger partial charge >= 0.3 is 0 Å². The second-order valence-corrected chi connectivity index (χ2v) is 6.47. The minimum atomic E-state index is -0.00271. The zero-order valence-electron chi connectivity index (χ0n) is 10.7. The monoisotopic (exact) mass is 231 g/mol. The van der Waals surface area contributed by atoms with Crippen LogP contribution in [0.3, 0.4) is 0 Å². The molecule has 1 aromatic rings. The van der Waals surface area contributed by atoms with Gasteiger partial charge in [0.25, 0.3) is 0 Å². The maximum atomic E-state index is 6.31. The Balaban J connectivity index is 1.94. The molecule has 1 aliphatic carbocycles. The summed E-state index contributed by atoms with van der Waals surface area (Å²) in [6, 6.07) is 8.35. The Morgan fingerprint density at radius 3 is 2.71 bits per heavy atom. The van der Waals surface area contributed by atoms with Crippen molar-refractivity contribution in [2.45, 2.75) is 51.2 Å². The van der Waals surface area contributed by atoms with Crippen molar-refractivity contribution in [1.29, 1.82) is 0 Å². The summed E-state index contributed by atoms with van der Waals surface area (Å²) in [7, 11) is 0. The molecule has 1 saturated carbocycles. The molecule has 0 aromatic heterocycles. The van der Waals surface area contributed by atoms with Gasteiger partial charge in [-0.3, -0.25) is 0 Å². The van der Waals surface area contributed by atoms with E-state index in [2.05, 4.69) is 26.0 Å². The van der Waals surface area contributed by atoms with Crippen molar-refractivity contribution in [2.24, 2.45) is 11.1 Å². The van der Waals surface area contributed by atoms with Crippen molar-refractivity contribution < 1.29 is 4.74 Å². The number of hydrogen-bond donors (Lipinski definition) is 1.